The summed E-state index contributed by atoms with van der Waals surface area (Å²) in [5.74, 6) is -0.841. The van der Waals surface area contributed by atoms with Crippen LogP contribution in [0.3, 0.4) is 0 Å². The van der Waals surface area contributed by atoms with E-state index in [2.05, 4.69) is 10.3 Å². The normalized spacial score (nSPS) is 20.1. The highest BCUT2D eigenvalue weighted by atomic mass is 35.5. The standard InChI is InChI=1S/C25H22Cl2N4O4/c26-18-6-1-15(11-19(18)27)12-20(25(34)31-9-7-22-23(31)21(32)13-35-22)29-24(33)16-2-4-17(5-3-16)30-10-8-28-14-30/h1-6,8,10-11,14,20,22-23H,7,9,12-13H2,(H,29,33). The molecule has 2 aliphatic rings. The van der Waals surface area contributed by atoms with Crippen molar-refractivity contribution >= 4 is 40.8 Å². The third-order valence-electron chi connectivity index (χ3n) is 6.35. The molecule has 0 saturated carbocycles. The van der Waals surface area contributed by atoms with Crippen molar-refractivity contribution < 1.29 is 19.1 Å². The maximum Gasteiger partial charge on any atom is 0.251 e. The fourth-order valence-electron chi connectivity index (χ4n) is 4.58. The Hall–Kier alpha value is -3.20. The van der Waals surface area contributed by atoms with Gasteiger partial charge in [0.15, 0.2) is 5.78 Å². The summed E-state index contributed by atoms with van der Waals surface area (Å²) in [5, 5.41) is 3.62. The molecular formula is C25H22Cl2N4O4. The number of halogens is 2. The largest absolute Gasteiger partial charge is 0.368 e. The van der Waals surface area contributed by atoms with Gasteiger partial charge in [-0.15, -0.1) is 0 Å². The molecule has 0 aliphatic carbocycles. The van der Waals surface area contributed by atoms with Gasteiger partial charge in [-0.25, -0.2) is 4.98 Å². The van der Waals surface area contributed by atoms with E-state index < -0.39 is 18.0 Å². The van der Waals surface area contributed by atoms with Gasteiger partial charge in [0.2, 0.25) is 5.91 Å². The maximum atomic E-state index is 13.6. The number of rotatable bonds is 6. The van der Waals surface area contributed by atoms with Crippen LogP contribution in [0.1, 0.15) is 22.3 Å². The lowest BCUT2D eigenvalue weighted by molar-refractivity contribution is -0.138. The molecule has 2 aliphatic heterocycles. The molecule has 2 fully saturated rings. The fourth-order valence-corrected chi connectivity index (χ4v) is 4.90. The Balaban J connectivity index is 1.38. The van der Waals surface area contributed by atoms with Crippen LogP contribution in [0.5, 0.6) is 0 Å². The molecule has 0 bridgehead atoms. The third-order valence-corrected chi connectivity index (χ3v) is 7.09. The predicted molar refractivity (Wildman–Crippen MR) is 130 cm³/mol. The number of nitrogens with zero attached hydrogens (tertiary/aromatic N) is 3. The van der Waals surface area contributed by atoms with Crippen LogP contribution >= 0.6 is 23.2 Å². The minimum atomic E-state index is -0.903. The Bertz CT molecular complexity index is 1260. The molecule has 3 unspecified atom stereocenters. The quantitative estimate of drug-likeness (QED) is 0.547. The highest BCUT2D eigenvalue weighted by Crippen LogP contribution is 2.28. The predicted octanol–water partition coefficient (Wildman–Crippen LogP) is 3.09. The molecule has 2 saturated heterocycles. The van der Waals surface area contributed by atoms with E-state index in [1.807, 2.05) is 4.57 Å². The van der Waals surface area contributed by atoms with Crippen LogP contribution in [0.25, 0.3) is 5.69 Å². The van der Waals surface area contributed by atoms with Gasteiger partial charge in [0.1, 0.15) is 18.7 Å². The maximum absolute atomic E-state index is 13.6. The Kier molecular flexibility index (Phi) is 6.60. The summed E-state index contributed by atoms with van der Waals surface area (Å²) < 4.78 is 7.34. The smallest absolute Gasteiger partial charge is 0.251 e. The lowest BCUT2D eigenvalue weighted by atomic mass is 10.0. The molecule has 1 N–H and O–H groups in total. The van der Waals surface area contributed by atoms with Crippen molar-refractivity contribution in [1.82, 2.24) is 19.8 Å². The zero-order chi connectivity index (χ0) is 24.5. The topological polar surface area (TPSA) is 93.5 Å². The van der Waals surface area contributed by atoms with Crippen molar-refractivity contribution in [2.75, 3.05) is 13.2 Å². The van der Waals surface area contributed by atoms with Crippen molar-refractivity contribution in [3.05, 3.63) is 82.4 Å². The molecule has 10 heteroatoms. The second kappa shape index (κ2) is 9.81. The second-order valence-electron chi connectivity index (χ2n) is 8.58. The van der Waals surface area contributed by atoms with Crippen LogP contribution in [0.2, 0.25) is 10.0 Å². The first-order valence-electron chi connectivity index (χ1n) is 11.2. The van der Waals surface area contributed by atoms with E-state index >= 15 is 0 Å². The van der Waals surface area contributed by atoms with Gasteiger partial charge in [-0.1, -0.05) is 29.3 Å². The number of Topliss-reactive ketones (excluding diaryl/α,β-unsaturated/α-hetero) is 1. The van der Waals surface area contributed by atoms with Gasteiger partial charge >= 0.3 is 0 Å². The first kappa shape index (κ1) is 23.5. The molecule has 2 amide bonds. The monoisotopic (exact) mass is 512 g/mol. The number of carbonyl (C=O) groups excluding carboxylic acids is 3. The molecule has 180 valence electrons. The lowest BCUT2D eigenvalue weighted by Crippen LogP contribution is -2.53. The third kappa shape index (κ3) is 4.82. The van der Waals surface area contributed by atoms with Crippen LogP contribution in [0.15, 0.2) is 61.2 Å². The molecule has 35 heavy (non-hydrogen) atoms. The molecule has 0 spiro atoms. The van der Waals surface area contributed by atoms with Gasteiger partial charge in [0, 0.05) is 36.6 Å². The van der Waals surface area contributed by atoms with E-state index in [4.69, 9.17) is 27.9 Å². The van der Waals surface area contributed by atoms with Crippen LogP contribution in [-0.2, 0) is 20.7 Å². The second-order valence-corrected chi connectivity index (χ2v) is 9.39. The summed E-state index contributed by atoms with van der Waals surface area (Å²) in [6.07, 6.45) is 5.63. The zero-order valence-electron chi connectivity index (χ0n) is 18.6. The Morgan fingerprint density at radius 3 is 2.66 bits per heavy atom. The Morgan fingerprint density at radius 1 is 1.14 bits per heavy atom. The Labute approximate surface area is 211 Å². The Morgan fingerprint density at radius 2 is 1.94 bits per heavy atom. The zero-order valence-corrected chi connectivity index (χ0v) is 20.1. The molecule has 3 atom stereocenters. The molecule has 3 aromatic rings. The van der Waals surface area contributed by atoms with Gasteiger partial charge in [0.05, 0.1) is 22.5 Å². The van der Waals surface area contributed by atoms with Crippen LogP contribution in [-0.4, -0.2) is 63.4 Å². The number of amides is 2. The fraction of sp³-hybridized carbons (Fsp3) is 0.280. The number of aromatic nitrogens is 2. The van der Waals surface area contributed by atoms with E-state index in [1.54, 1.807) is 61.2 Å². The summed E-state index contributed by atoms with van der Waals surface area (Å²) in [6.45, 7) is 0.402. The molecule has 3 heterocycles. The molecule has 0 radical (unpaired) electrons. The van der Waals surface area contributed by atoms with E-state index in [0.717, 1.165) is 11.3 Å². The number of hydrogen-bond acceptors (Lipinski definition) is 5. The first-order valence-corrected chi connectivity index (χ1v) is 11.9. The minimum Gasteiger partial charge on any atom is -0.368 e. The number of nitrogens with one attached hydrogen (secondary N) is 1. The van der Waals surface area contributed by atoms with Crippen molar-refractivity contribution in [1.29, 1.82) is 0 Å². The van der Waals surface area contributed by atoms with Crippen LogP contribution in [0, 0.1) is 0 Å². The number of likely N-dealkylation sites (tertiary alicyclic amines) is 1. The number of carbonyl (C=O) groups is 3. The molecule has 2 aromatic carbocycles. The van der Waals surface area contributed by atoms with E-state index in [1.165, 1.54) is 4.90 Å². The summed E-state index contributed by atoms with van der Waals surface area (Å²) in [4.78, 5) is 44.7. The number of ether oxygens (including phenoxy) is 1. The van der Waals surface area contributed by atoms with E-state index in [-0.39, 0.29) is 30.8 Å². The van der Waals surface area contributed by atoms with E-state index in [9.17, 15) is 14.4 Å². The van der Waals surface area contributed by atoms with Gasteiger partial charge in [-0.2, -0.15) is 0 Å². The lowest BCUT2D eigenvalue weighted by Gasteiger charge is -2.27. The van der Waals surface area contributed by atoms with Gasteiger partial charge < -0.3 is 19.5 Å². The highest BCUT2D eigenvalue weighted by molar-refractivity contribution is 6.42. The average Bonchev–Trinajstić information content (AvgIpc) is 3.61. The average molecular weight is 513 g/mol. The number of imidazole rings is 1. The van der Waals surface area contributed by atoms with Gasteiger partial charge in [-0.05, 0) is 48.4 Å². The molecule has 5 rings (SSSR count). The van der Waals surface area contributed by atoms with Crippen molar-refractivity contribution in [2.45, 2.75) is 31.0 Å². The van der Waals surface area contributed by atoms with Crippen molar-refractivity contribution in [3.63, 3.8) is 0 Å². The first-order chi connectivity index (χ1) is 16.9. The van der Waals surface area contributed by atoms with Crippen molar-refractivity contribution in [3.8, 4) is 5.69 Å². The summed E-state index contributed by atoms with van der Waals surface area (Å²) >= 11 is 12.2. The number of benzene rings is 2. The van der Waals surface area contributed by atoms with Crippen LogP contribution in [0.4, 0.5) is 0 Å². The van der Waals surface area contributed by atoms with Gasteiger partial charge in [0.25, 0.3) is 5.91 Å². The van der Waals surface area contributed by atoms with E-state index in [0.29, 0.717) is 28.6 Å². The molecule has 8 nitrogen and oxygen atoms in total. The number of hydrogen-bond donors (Lipinski definition) is 1. The highest BCUT2D eigenvalue weighted by Gasteiger charge is 2.48. The number of fused-ring (bicyclic) bond motifs is 1. The van der Waals surface area contributed by atoms with Gasteiger partial charge in [-0.3, -0.25) is 14.4 Å². The number of ketones is 1. The van der Waals surface area contributed by atoms with Crippen molar-refractivity contribution in [2.24, 2.45) is 0 Å². The summed E-state index contributed by atoms with van der Waals surface area (Å²) in [6, 6.07) is 10.5. The minimum absolute atomic E-state index is 0.00615. The molecular weight excluding hydrogens is 491 g/mol. The van der Waals surface area contributed by atoms with Crippen LogP contribution < -0.4 is 5.32 Å². The SMILES string of the molecule is O=C(NC(Cc1ccc(Cl)c(Cl)c1)C(=O)N1CCC2OCC(=O)C21)c1ccc(-n2ccnc2)cc1. The molecule has 1 aromatic heterocycles. The summed E-state index contributed by atoms with van der Waals surface area (Å²) in [5.41, 5.74) is 1.99. The summed E-state index contributed by atoms with van der Waals surface area (Å²) in [7, 11) is 0.